The average Bonchev–Trinajstić information content (AvgIpc) is 2.58. The SMILES string of the molecule is [AlH3].[CH2]CC(CC(C)C)(CC(C)C)N1c2ccccc2Sc2ccccc21. The second-order valence-corrected chi connectivity index (χ2v) is 9.13. The molecule has 0 fully saturated rings. The molecule has 3 heteroatoms. The summed E-state index contributed by atoms with van der Waals surface area (Å²) >= 11 is 1.89. The maximum atomic E-state index is 4.44. The van der Waals surface area contributed by atoms with Crippen molar-refractivity contribution in [2.24, 2.45) is 11.8 Å². The first-order chi connectivity index (χ1) is 12.0. The maximum absolute atomic E-state index is 4.44. The average molecular weight is 383 g/mol. The van der Waals surface area contributed by atoms with Crippen LogP contribution >= 0.6 is 11.8 Å². The smallest absolute Gasteiger partial charge is 0.187 e. The fourth-order valence-electron chi connectivity index (χ4n) is 4.32. The molecule has 1 aliphatic heterocycles. The molecule has 1 nitrogen and oxygen atoms in total. The first-order valence-electron chi connectivity index (χ1n) is 9.42. The Balaban J connectivity index is 0.00000243. The van der Waals surface area contributed by atoms with Gasteiger partial charge in [-0.05, 0) is 55.4 Å². The fraction of sp³-hybridized carbons (Fsp3) is 0.435. The van der Waals surface area contributed by atoms with Gasteiger partial charge in [-0.2, -0.15) is 0 Å². The van der Waals surface area contributed by atoms with Gasteiger partial charge < -0.3 is 4.90 Å². The summed E-state index contributed by atoms with van der Waals surface area (Å²) in [6.07, 6.45) is 3.22. The number of fused-ring (bicyclic) bond motifs is 2. The van der Waals surface area contributed by atoms with Crippen LogP contribution in [0.3, 0.4) is 0 Å². The predicted molar refractivity (Wildman–Crippen MR) is 121 cm³/mol. The van der Waals surface area contributed by atoms with Gasteiger partial charge in [-0.1, -0.05) is 70.6 Å². The molecule has 1 radical (unpaired) electrons. The molecule has 0 aromatic heterocycles. The van der Waals surface area contributed by atoms with Crippen molar-refractivity contribution < 1.29 is 0 Å². The summed E-state index contributed by atoms with van der Waals surface area (Å²) in [4.78, 5) is 5.33. The van der Waals surface area contributed by atoms with Gasteiger partial charge in [0.15, 0.2) is 17.4 Å². The van der Waals surface area contributed by atoms with Crippen LogP contribution in [0.2, 0.25) is 0 Å². The Bertz CT molecular complexity index is 670. The van der Waals surface area contributed by atoms with Gasteiger partial charge in [-0.3, -0.25) is 0 Å². The summed E-state index contributed by atoms with van der Waals surface area (Å²) < 4.78 is 0. The second kappa shape index (κ2) is 8.87. The highest BCUT2D eigenvalue weighted by Crippen LogP contribution is 2.53. The standard InChI is InChI=1S/C23H30NS.Al.3H/c1-6-23(15-17(2)3,16-18(4)5)24-19-11-7-9-13-21(19)25-22-14-10-8-12-20(22)24;;;;/h7-14,17-18H,1,6,15-16H2,2-5H3;;;;. The Morgan fingerprint density at radius 1 is 0.846 bits per heavy atom. The molecule has 139 valence electrons. The Morgan fingerprint density at radius 3 is 1.65 bits per heavy atom. The van der Waals surface area contributed by atoms with Crippen LogP contribution in [0, 0.1) is 18.8 Å². The molecule has 0 atom stereocenters. The summed E-state index contributed by atoms with van der Waals surface area (Å²) in [6.45, 7) is 13.8. The van der Waals surface area contributed by atoms with Gasteiger partial charge in [-0.15, -0.1) is 0 Å². The molecule has 0 N–H and O–H groups in total. The number of para-hydroxylation sites is 2. The molecule has 3 rings (SSSR count). The third kappa shape index (κ3) is 4.17. The zero-order valence-electron chi connectivity index (χ0n) is 16.0. The summed E-state index contributed by atoms with van der Waals surface area (Å²) in [5.74, 6) is 1.27. The molecule has 0 saturated carbocycles. The molecular formula is C23H33AlNS. The first-order valence-corrected chi connectivity index (χ1v) is 10.2. The number of anilines is 2. The molecule has 0 unspecified atom stereocenters. The topological polar surface area (TPSA) is 3.24 Å². The lowest BCUT2D eigenvalue weighted by Gasteiger charge is -2.50. The van der Waals surface area contributed by atoms with Crippen LogP contribution < -0.4 is 4.90 Å². The molecule has 0 spiro atoms. The van der Waals surface area contributed by atoms with Gasteiger partial charge in [-0.25, -0.2) is 0 Å². The summed E-state index contributed by atoms with van der Waals surface area (Å²) in [7, 11) is 0. The number of rotatable bonds is 6. The van der Waals surface area contributed by atoms with E-state index < -0.39 is 0 Å². The van der Waals surface area contributed by atoms with Gasteiger partial charge in [0.1, 0.15) is 0 Å². The van der Waals surface area contributed by atoms with Gasteiger partial charge in [0.25, 0.3) is 0 Å². The van der Waals surface area contributed by atoms with Crippen molar-refractivity contribution in [1.82, 2.24) is 0 Å². The molecule has 0 bridgehead atoms. The Labute approximate surface area is 174 Å². The lowest BCUT2D eigenvalue weighted by molar-refractivity contribution is 0.280. The molecule has 2 aromatic carbocycles. The molecule has 1 heterocycles. The van der Waals surface area contributed by atoms with Crippen molar-refractivity contribution >= 4 is 40.5 Å². The number of hydrogen-bond acceptors (Lipinski definition) is 2. The van der Waals surface area contributed by atoms with E-state index in [1.165, 1.54) is 21.2 Å². The highest BCUT2D eigenvalue weighted by atomic mass is 32.2. The maximum Gasteiger partial charge on any atom is 0.187 e. The van der Waals surface area contributed by atoms with Gasteiger partial charge in [0.2, 0.25) is 0 Å². The number of nitrogens with zero attached hydrogens (tertiary/aromatic N) is 1. The molecule has 0 aliphatic carbocycles. The van der Waals surface area contributed by atoms with E-state index >= 15 is 0 Å². The quantitative estimate of drug-likeness (QED) is 0.550. The highest BCUT2D eigenvalue weighted by molar-refractivity contribution is 7.99. The lowest BCUT2D eigenvalue weighted by atomic mass is 9.77. The first kappa shape index (κ1) is 21.4. The molecule has 2 aromatic rings. The Hall–Kier alpha value is -0.878. The van der Waals surface area contributed by atoms with Crippen molar-refractivity contribution in [2.45, 2.75) is 62.3 Å². The van der Waals surface area contributed by atoms with Crippen LogP contribution in [0.25, 0.3) is 0 Å². The molecule has 0 amide bonds. The largest absolute Gasteiger partial charge is 0.333 e. The number of hydrogen-bond donors (Lipinski definition) is 0. The van der Waals surface area contributed by atoms with Gasteiger partial charge in [0, 0.05) is 15.3 Å². The third-order valence-electron chi connectivity index (χ3n) is 4.95. The minimum absolute atomic E-state index is 0. The Morgan fingerprint density at radius 2 is 1.27 bits per heavy atom. The molecule has 1 aliphatic rings. The van der Waals surface area contributed by atoms with E-state index in [9.17, 15) is 0 Å². The summed E-state index contributed by atoms with van der Waals surface area (Å²) in [5.41, 5.74) is 2.74. The van der Waals surface area contributed by atoms with E-state index in [1.807, 2.05) is 11.8 Å². The van der Waals surface area contributed by atoms with Crippen molar-refractivity contribution in [3.63, 3.8) is 0 Å². The van der Waals surface area contributed by atoms with E-state index in [1.54, 1.807) is 0 Å². The zero-order chi connectivity index (χ0) is 18.0. The van der Waals surface area contributed by atoms with Crippen molar-refractivity contribution in [3.05, 3.63) is 55.5 Å². The van der Waals surface area contributed by atoms with Gasteiger partial charge in [0.05, 0.1) is 11.4 Å². The third-order valence-corrected chi connectivity index (χ3v) is 6.08. The van der Waals surface area contributed by atoms with E-state index in [4.69, 9.17) is 0 Å². The van der Waals surface area contributed by atoms with Crippen molar-refractivity contribution in [3.8, 4) is 0 Å². The number of benzene rings is 2. The minimum Gasteiger partial charge on any atom is -0.333 e. The summed E-state index contributed by atoms with van der Waals surface area (Å²) in [5, 5.41) is 0. The molecular weight excluding hydrogens is 349 g/mol. The zero-order valence-corrected chi connectivity index (χ0v) is 16.8. The monoisotopic (exact) mass is 382 g/mol. The molecule has 0 saturated heterocycles. The normalized spacial score (nSPS) is 13.4. The second-order valence-electron chi connectivity index (χ2n) is 8.04. The van der Waals surface area contributed by atoms with Crippen LogP contribution in [0.15, 0.2) is 58.3 Å². The molecule has 26 heavy (non-hydrogen) atoms. The minimum atomic E-state index is 0. The van der Waals surface area contributed by atoms with E-state index in [0.717, 1.165) is 19.3 Å². The lowest BCUT2D eigenvalue weighted by Crippen LogP contribution is -2.49. The van der Waals surface area contributed by atoms with Crippen molar-refractivity contribution in [1.29, 1.82) is 0 Å². The van der Waals surface area contributed by atoms with Gasteiger partial charge >= 0.3 is 0 Å². The van der Waals surface area contributed by atoms with Crippen LogP contribution in [0.5, 0.6) is 0 Å². The van der Waals surface area contributed by atoms with E-state index in [2.05, 4.69) is 88.0 Å². The Kier molecular flexibility index (Phi) is 7.31. The highest BCUT2D eigenvalue weighted by Gasteiger charge is 2.40. The van der Waals surface area contributed by atoms with Crippen LogP contribution in [-0.2, 0) is 0 Å². The van der Waals surface area contributed by atoms with E-state index in [-0.39, 0.29) is 22.9 Å². The van der Waals surface area contributed by atoms with Crippen LogP contribution in [0.4, 0.5) is 11.4 Å². The van der Waals surface area contributed by atoms with Crippen LogP contribution in [0.1, 0.15) is 47.0 Å². The fourth-order valence-corrected chi connectivity index (χ4v) is 5.38. The van der Waals surface area contributed by atoms with Crippen molar-refractivity contribution in [2.75, 3.05) is 4.90 Å². The van der Waals surface area contributed by atoms with E-state index in [0.29, 0.717) is 11.8 Å². The summed E-state index contributed by atoms with van der Waals surface area (Å²) in [6, 6.07) is 17.7. The predicted octanol–water partition coefficient (Wildman–Crippen LogP) is 6.16. The van der Waals surface area contributed by atoms with Crippen LogP contribution in [-0.4, -0.2) is 22.9 Å².